The molecule has 188 valence electrons. The molecule has 2 saturated carbocycles. The molecule has 2 heterocycles. The first kappa shape index (κ1) is 25.2. The zero-order valence-electron chi connectivity index (χ0n) is 19.5. The van der Waals surface area contributed by atoms with Crippen molar-refractivity contribution >= 4 is 50.7 Å². The minimum Gasteiger partial charge on any atom is -0.478 e. The molecule has 0 bridgehead atoms. The molecule has 0 radical (unpaired) electrons. The highest BCUT2D eigenvalue weighted by Crippen LogP contribution is 2.45. The van der Waals surface area contributed by atoms with Gasteiger partial charge in [-0.3, -0.25) is 0 Å². The summed E-state index contributed by atoms with van der Waals surface area (Å²) in [5, 5.41) is 24.9. The average molecular weight is 545 g/mol. The van der Waals surface area contributed by atoms with E-state index in [9.17, 15) is 15.0 Å². The Kier molecular flexibility index (Phi) is 7.62. The molecule has 2 aromatic heterocycles. The minimum atomic E-state index is -0.862. The van der Waals surface area contributed by atoms with E-state index in [1.165, 1.54) is 32.1 Å². The SMILES string of the molecule is O=C(O)c1cccc2nc(C3CCCCC3)sc12.OCc1c(-c2c(Cl)cccc2Cl)noc1C1CC1. The van der Waals surface area contributed by atoms with Crippen LogP contribution in [-0.4, -0.2) is 26.3 Å². The van der Waals surface area contributed by atoms with Gasteiger partial charge in [-0.25, -0.2) is 9.78 Å². The Morgan fingerprint density at radius 2 is 1.69 bits per heavy atom. The normalized spacial score (nSPS) is 16.1. The molecule has 0 atom stereocenters. The minimum absolute atomic E-state index is 0.119. The van der Waals surface area contributed by atoms with Gasteiger partial charge in [0.15, 0.2) is 0 Å². The number of halogens is 2. The number of carbonyl (C=O) groups is 1. The van der Waals surface area contributed by atoms with E-state index in [-0.39, 0.29) is 6.61 Å². The van der Waals surface area contributed by atoms with Gasteiger partial charge in [-0.15, -0.1) is 11.3 Å². The van der Waals surface area contributed by atoms with Gasteiger partial charge in [-0.1, -0.05) is 59.8 Å². The average Bonchev–Trinajstić information content (AvgIpc) is 3.49. The number of nitrogens with zero attached hydrogens (tertiary/aromatic N) is 2. The van der Waals surface area contributed by atoms with E-state index in [0.29, 0.717) is 44.3 Å². The van der Waals surface area contributed by atoms with E-state index in [2.05, 4.69) is 10.1 Å². The fraction of sp³-hybridized carbons (Fsp3) is 0.370. The van der Waals surface area contributed by atoms with Gasteiger partial charge in [-0.05, 0) is 49.9 Å². The molecule has 0 unspecified atom stereocenters. The van der Waals surface area contributed by atoms with Crippen molar-refractivity contribution < 1.29 is 19.5 Å². The summed E-state index contributed by atoms with van der Waals surface area (Å²) in [6.45, 7) is -0.119. The van der Waals surface area contributed by atoms with Gasteiger partial charge in [0.1, 0.15) is 11.5 Å². The lowest BCUT2D eigenvalue weighted by Crippen LogP contribution is -2.03. The van der Waals surface area contributed by atoms with Crippen LogP contribution >= 0.6 is 34.5 Å². The van der Waals surface area contributed by atoms with Crippen molar-refractivity contribution in [3.63, 3.8) is 0 Å². The lowest BCUT2D eigenvalue weighted by atomic mass is 9.90. The van der Waals surface area contributed by atoms with E-state index >= 15 is 0 Å². The molecule has 0 saturated heterocycles. The Hall–Kier alpha value is -2.45. The molecule has 0 amide bonds. The van der Waals surface area contributed by atoms with Crippen LogP contribution in [0.25, 0.3) is 21.5 Å². The van der Waals surface area contributed by atoms with Crippen LogP contribution in [0.3, 0.4) is 0 Å². The third kappa shape index (κ3) is 5.16. The monoisotopic (exact) mass is 544 g/mol. The highest BCUT2D eigenvalue weighted by molar-refractivity contribution is 7.19. The van der Waals surface area contributed by atoms with Crippen molar-refractivity contribution in [1.82, 2.24) is 10.1 Å². The largest absolute Gasteiger partial charge is 0.478 e. The lowest BCUT2D eigenvalue weighted by molar-refractivity contribution is 0.0699. The summed E-state index contributed by atoms with van der Waals surface area (Å²) < 4.78 is 6.17. The van der Waals surface area contributed by atoms with E-state index in [1.54, 1.807) is 41.7 Å². The number of carboxylic acids is 1. The quantitative estimate of drug-likeness (QED) is 0.263. The van der Waals surface area contributed by atoms with Gasteiger partial charge in [-0.2, -0.15) is 0 Å². The molecule has 2 aliphatic rings. The summed E-state index contributed by atoms with van der Waals surface area (Å²) >= 11 is 13.9. The van der Waals surface area contributed by atoms with E-state index in [4.69, 9.17) is 27.7 Å². The molecule has 2 aromatic carbocycles. The number of aliphatic hydroxyl groups excluding tert-OH is 1. The molecule has 6 rings (SSSR count). The second kappa shape index (κ2) is 10.9. The van der Waals surface area contributed by atoms with Crippen molar-refractivity contribution in [2.24, 2.45) is 0 Å². The molecule has 9 heteroatoms. The summed E-state index contributed by atoms with van der Waals surface area (Å²) in [5.74, 6) is 0.829. The molecular formula is C27H26Cl2N2O4S. The maximum atomic E-state index is 11.2. The maximum absolute atomic E-state index is 11.2. The van der Waals surface area contributed by atoms with E-state index < -0.39 is 5.97 Å². The Bertz CT molecular complexity index is 1370. The van der Waals surface area contributed by atoms with Gasteiger partial charge >= 0.3 is 5.97 Å². The number of aromatic carboxylic acids is 1. The molecule has 36 heavy (non-hydrogen) atoms. The smallest absolute Gasteiger partial charge is 0.337 e. The van der Waals surface area contributed by atoms with Crippen molar-refractivity contribution in [2.75, 3.05) is 0 Å². The molecule has 2 N–H and O–H groups in total. The molecule has 0 spiro atoms. The van der Waals surface area contributed by atoms with Crippen molar-refractivity contribution in [3.8, 4) is 11.3 Å². The van der Waals surface area contributed by atoms with E-state index in [0.717, 1.165) is 33.8 Å². The standard InChI is InChI=1S/C14H15NO2S.C13H11Cl2NO2/c16-14(17)10-7-4-8-11-12(10)18-13(15-11)9-5-2-1-3-6-9;14-9-2-1-3-10(15)11(9)12-8(6-17)13(18-16-12)7-4-5-7/h4,7-9H,1-3,5-6H2,(H,16,17);1-3,7,17H,4-6H2. The predicted octanol–water partition coefficient (Wildman–Crippen LogP) is 8.06. The van der Waals surface area contributed by atoms with Gasteiger partial charge in [0.2, 0.25) is 0 Å². The first-order chi connectivity index (χ1) is 17.5. The molecule has 2 aliphatic carbocycles. The summed E-state index contributed by atoms with van der Waals surface area (Å²) in [7, 11) is 0. The Morgan fingerprint density at radius 3 is 2.33 bits per heavy atom. The third-order valence-electron chi connectivity index (χ3n) is 6.74. The maximum Gasteiger partial charge on any atom is 0.337 e. The van der Waals surface area contributed by atoms with Crippen molar-refractivity contribution in [3.05, 3.63) is 68.3 Å². The number of benzene rings is 2. The number of hydrogen-bond acceptors (Lipinski definition) is 6. The summed E-state index contributed by atoms with van der Waals surface area (Å²) in [6.07, 6.45) is 8.42. The van der Waals surface area contributed by atoms with Crippen LogP contribution in [-0.2, 0) is 6.61 Å². The number of rotatable bonds is 5. The van der Waals surface area contributed by atoms with Crippen LogP contribution in [0.15, 0.2) is 40.9 Å². The van der Waals surface area contributed by atoms with Crippen molar-refractivity contribution in [1.29, 1.82) is 0 Å². The highest BCUT2D eigenvalue weighted by atomic mass is 35.5. The summed E-state index contributed by atoms with van der Waals surface area (Å²) in [4.78, 5) is 15.8. The van der Waals surface area contributed by atoms with Gasteiger partial charge in [0.05, 0.1) is 37.4 Å². The molecule has 0 aliphatic heterocycles. The van der Waals surface area contributed by atoms with Crippen LogP contribution in [0.2, 0.25) is 10.0 Å². The van der Waals surface area contributed by atoms with Crippen LogP contribution < -0.4 is 0 Å². The summed E-state index contributed by atoms with van der Waals surface area (Å²) in [5.41, 5.74) is 3.09. The Morgan fingerprint density at radius 1 is 1.00 bits per heavy atom. The van der Waals surface area contributed by atoms with Crippen molar-refractivity contribution in [2.45, 2.75) is 63.4 Å². The Balaban J connectivity index is 0.000000148. The topological polar surface area (TPSA) is 96.5 Å². The number of hydrogen-bond donors (Lipinski definition) is 2. The first-order valence-electron chi connectivity index (χ1n) is 12.1. The molecular weight excluding hydrogens is 519 g/mol. The van der Waals surface area contributed by atoms with Gasteiger partial charge < -0.3 is 14.7 Å². The summed E-state index contributed by atoms with van der Waals surface area (Å²) in [6, 6.07) is 10.6. The lowest BCUT2D eigenvalue weighted by Gasteiger charge is -2.18. The molecule has 4 aromatic rings. The van der Waals surface area contributed by atoms with E-state index in [1.807, 2.05) is 6.07 Å². The third-order valence-corrected chi connectivity index (χ3v) is 8.64. The van der Waals surface area contributed by atoms with Gasteiger partial charge in [0, 0.05) is 23.0 Å². The molecule has 6 nitrogen and oxygen atoms in total. The zero-order chi connectivity index (χ0) is 25.2. The van der Waals surface area contributed by atoms with Crippen LogP contribution in [0, 0.1) is 0 Å². The van der Waals surface area contributed by atoms with Crippen LogP contribution in [0.4, 0.5) is 0 Å². The number of fused-ring (bicyclic) bond motifs is 1. The fourth-order valence-electron chi connectivity index (χ4n) is 4.72. The Labute approximate surface area is 222 Å². The second-order valence-corrected chi connectivity index (χ2v) is 11.1. The molecule has 2 fully saturated rings. The zero-order valence-corrected chi connectivity index (χ0v) is 21.9. The number of aromatic nitrogens is 2. The van der Waals surface area contributed by atoms with Crippen LogP contribution in [0.1, 0.15) is 83.5 Å². The fourth-order valence-corrected chi connectivity index (χ4v) is 6.54. The number of aliphatic hydroxyl groups is 1. The number of carboxylic acid groups (broad SMARTS) is 1. The highest BCUT2D eigenvalue weighted by Gasteiger charge is 2.33. The number of thiazole rings is 1. The van der Waals surface area contributed by atoms with Gasteiger partial charge in [0.25, 0.3) is 0 Å². The second-order valence-electron chi connectivity index (χ2n) is 9.25. The predicted molar refractivity (Wildman–Crippen MR) is 142 cm³/mol. The first-order valence-corrected chi connectivity index (χ1v) is 13.7. The van der Waals surface area contributed by atoms with Crippen LogP contribution in [0.5, 0.6) is 0 Å².